The van der Waals surface area contributed by atoms with Crippen molar-refractivity contribution in [2.75, 3.05) is 25.0 Å². The van der Waals surface area contributed by atoms with Crippen LogP contribution in [0, 0.1) is 16.7 Å². The number of nitrogens with two attached hydrogens (primary N) is 1. The van der Waals surface area contributed by atoms with Gasteiger partial charge >= 0.3 is 0 Å². The first-order valence-electron chi connectivity index (χ1n) is 9.52. The monoisotopic (exact) mass is 369 g/mol. The van der Waals surface area contributed by atoms with Crippen LogP contribution in [0.15, 0.2) is 12.3 Å². The molecule has 2 unspecified atom stereocenters. The molecule has 0 bridgehead atoms. The average molecular weight is 369 g/mol. The first kappa shape index (κ1) is 17.8. The number of H-pyrrole nitrogens is 1. The predicted octanol–water partition coefficient (Wildman–Crippen LogP) is 1.72. The Kier molecular flexibility index (Phi) is 4.09. The summed E-state index contributed by atoms with van der Waals surface area (Å²) in [6, 6.07) is 2.06. The van der Waals surface area contributed by atoms with Crippen molar-refractivity contribution >= 4 is 28.5 Å². The van der Waals surface area contributed by atoms with E-state index >= 15 is 0 Å². The molecule has 1 aliphatic heterocycles. The molecule has 0 aromatic carbocycles. The number of hydrogen-bond acceptors (Lipinski definition) is 5. The SMILES string of the molecule is CC1CCN(C(=O)C2(C)CC2)CC1N(C)c1c(C(=N)N)nnc2[nH]ccc12. The number of hydrogen-bond donors (Lipinski definition) is 3. The molecule has 3 heterocycles. The van der Waals surface area contributed by atoms with Crippen LogP contribution in [0.25, 0.3) is 11.0 Å². The summed E-state index contributed by atoms with van der Waals surface area (Å²) in [4.78, 5) is 20.1. The van der Waals surface area contributed by atoms with E-state index in [4.69, 9.17) is 11.1 Å². The summed E-state index contributed by atoms with van der Waals surface area (Å²) in [6.45, 7) is 5.78. The molecule has 2 fully saturated rings. The molecular weight excluding hydrogens is 342 g/mol. The largest absolute Gasteiger partial charge is 0.382 e. The molecule has 27 heavy (non-hydrogen) atoms. The van der Waals surface area contributed by atoms with E-state index in [1.54, 1.807) is 0 Å². The summed E-state index contributed by atoms with van der Waals surface area (Å²) in [5.41, 5.74) is 7.50. The number of amides is 1. The Labute approximate surface area is 158 Å². The highest BCUT2D eigenvalue weighted by molar-refractivity contribution is 6.05. The molecule has 1 amide bonds. The van der Waals surface area contributed by atoms with Gasteiger partial charge in [-0.2, -0.15) is 0 Å². The van der Waals surface area contributed by atoms with E-state index < -0.39 is 0 Å². The summed E-state index contributed by atoms with van der Waals surface area (Å²) in [5.74, 6) is 0.585. The second-order valence-electron chi connectivity index (χ2n) is 8.31. The molecule has 2 atom stereocenters. The minimum absolute atomic E-state index is 0.102. The third-order valence-corrected chi connectivity index (χ3v) is 6.28. The molecule has 2 aromatic rings. The van der Waals surface area contributed by atoms with Gasteiger partial charge in [0.05, 0.1) is 5.69 Å². The standard InChI is InChI=1S/C19H27N7O/c1-11-5-9-26(18(27)19(2)6-7-19)10-13(11)25(3)15-12-4-8-22-17(12)24-23-14(15)16(20)21/h4,8,11,13H,5-7,9-10H2,1-3H3,(H3,20,21)(H,22,24). The minimum Gasteiger partial charge on any atom is -0.382 e. The van der Waals surface area contributed by atoms with Crippen molar-refractivity contribution in [3.63, 3.8) is 0 Å². The lowest BCUT2D eigenvalue weighted by Crippen LogP contribution is -2.54. The van der Waals surface area contributed by atoms with Crippen LogP contribution in [-0.2, 0) is 4.79 Å². The normalized spacial score (nSPS) is 24.0. The Hall–Kier alpha value is -2.64. The smallest absolute Gasteiger partial charge is 0.228 e. The third-order valence-electron chi connectivity index (χ3n) is 6.28. The van der Waals surface area contributed by atoms with Crippen molar-refractivity contribution in [3.8, 4) is 0 Å². The Morgan fingerprint density at radius 2 is 2.19 bits per heavy atom. The number of aromatic amines is 1. The third kappa shape index (κ3) is 2.93. The number of aromatic nitrogens is 3. The fourth-order valence-corrected chi connectivity index (χ4v) is 4.13. The van der Waals surface area contributed by atoms with Crippen LogP contribution < -0.4 is 10.6 Å². The Morgan fingerprint density at radius 3 is 2.85 bits per heavy atom. The van der Waals surface area contributed by atoms with Gasteiger partial charge in [-0.25, -0.2) is 0 Å². The van der Waals surface area contributed by atoms with E-state index in [-0.39, 0.29) is 23.2 Å². The van der Waals surface area contributed by atoms with E-state index in [0.29, 0.717) is 23.8 Å². The topological polar surface area (TPSA) is 115 Å². The van der Waals surface area contributed by atoms with E-state index in [1.807, 2.05) is 24.2 Å². The van der Waals surface area contributed by atoms with Gasteiger partial charge in [0.15, 0.2) is 11.3 Å². The maximum absolute atomic E-state index is 12.9. The Morgan fingerprint density at radius 1 is 1.44 bits per heavy atom. The van der Waals surface area contributed by atoms with E-state index in [2.05, 4.69) is 33.9 Å². The number of piperidine rings is 1. The number of likely N-dealkylation sites (tertiary alicyclic amines) is 1. The fraction of sp³-hybridized carbons (Fsp3) is 0.579. The van der Waals surface area contributed by atoms with Crippen molar-refractivity contribution in [1.29, 1.82) is 5.41 Å². The van der Waals surface area contributed by atoms with Gasteiger partial charge in [-0.15, -0.1) is 10.2 Å². The molecule has 1 saturated carbocycles. The molecular formula is C19H27N7O. The highest BCUT2D eigenvalue weighted by atomic mass is 16.2. The zero-order valence-corrected chi connectivity index (χ0v) is 16.1. The highest BCUT2D eigenvalue weighted by Crippen LogP contribution is 2.47. The van der Waals surface area contributed by atoms with Crippen LogP contribution in [0.5, 0.6) is 0 Å². The molecule has 1 saturated heterocycles. The molecule has 144 valence electrons. The molecule has 2 aliphatic rings. The lowest BCUT2D eigenvalue weighted by atomic mass is 9.90. The van der Waals surface area contributed by atoms with Crippen molar-refractivity contribution in [2.24, 2.45) is 17.1 Å². The van der Waals surface area contributed by atoms with Gasteiger partial charge < -0.3 is 20.5 Å². The number of rotatable bonds is 4. The van der Waals surface area contributed by atoms with Gasteiger partial charge in [0.2, 0.25) is 5.91 Å². The maximum atomic E-state index is 12.9. The Balaban J connectivity index is 1.69. The summed E-state index contributed by atoms with van der Waals surface area (Å²) in [7, 11) is 2.00. The van der Waals surface area contributed by atoms with Crippen LogP contribution in [-0.4, -0.2) is 58.0 Å². The van der Waals surface area contributed by atoms with E-state index in [0.717, 1.165) is 36.9 Å². The molecule has 2 aromatic heterocycles. The molecule has 0 spiro atoms. The second kappa shape index (κ2) is 6.21. The molecule has 8 nitrogen and oxygen atoms in total. The maximum Gasteiger partial charge on any atom is 0.228 e. The zero-order valence-electron chi connectivity index (χ0n) is 16.1. The fourth-order valence-electron chi connectivity index (χ4n) is 4.13. The van der Waals surface area contributed by atoms with Gasteiger partial charge in [0.1, 0.15) is 5.84 Å². The van der Waals surface area contributed by atoms with Crippen LogP contribution in [0.2, 0.25) is 0 Å². The Bertz CT molecular complexity index is 901. The second-order valence-corrected chi connectivity index (χ2v) is 8.31. The minimum atomic E-state index is -0.152. The summed E-state index contributed by atoms with van der Waals surface area (Å²) < 4.78 is 0. The number of carbonyl (C=O) groups is 1. The zero-order chi connectivity index (χ0) is 19.3. The average Bonchev–Trinajstić information content (AvgIpc) is 3.22. The summed E-state index contributed by atoms with van der Waals surface area (Å²) in [6.07, 6.45) is 4.76. The number of carbonyl (C=O) groups excluding carboxylic acids is 1. The molecule has 4 N–H and O–H groups in total. The van der Waals surface area contributed by atoms with Crippen LogP contribution in [0.4, 0.5) is 5.69 Å². The van der Waals surface area contributed by atoms with Gasteiger partial charge in [0.25, 0.3) is 0 Å². The number of fused-ring (bicyclic) bond motifs is 1. The summed E-state index contributed by atoms with van der Waals surface area (Å²) in [5, 5.41) is 17.1. The number of amidine groups is 1. The molecule has 4 rings (SSSR count). The predicted molar refractivity (Wildman–Crippen MR) is 105 cm³/mol. The number of anilines is 1. The van der Waals surface area contributed by atoms with Crippen molar-refractivity contribution in [1.82, 2.24) is 20.1 Å². The van der Waals surface area contributed by atoms with Crippen molar-refractivity contribution < 1.29 is 4.79 Å². The number of likely N-dealkylation sites (N-methyl/N-ethyl adjacent to an activating group) is 1. The summed E-state index contributed by atoms with van der Waals surface area (Å²) >= 11 is 0. The van der Waals surface area contributed by atoms with E-state index in [9.17, 15) is 4.79 Å². The van der Waals surface area contributed by atoms with Crippen LogP contribution >= 0.6 is 0 Å². The number of nitrogens with zero attached hydrogens (tertiary/aromatic N) is 4. The van der Waals surface area contributed by atoms with Gasteiger partial charge in [-0.3, -0.25) is 10.2 Å². The molecule has 0 radical (unpaired) electrons. The van der Waals surface area contributed by atoms with Crippen LogP contribution in [0.3, 0.4) is 0 Å². The van der Waals surface area contributed by atoms with Gasteiger partial charge in [-0.1, -0.05) is 13.8 Å². The quantitative estimate of drug-likeness (QED) is 0.561. The number of nitrogens with one attached hydrogen (secondary N) is 2. The van der Waals surface area contributed by atoms with Crippen molar-refractivity contribution in [3.05, 3.63) is 18.0 Å². The van der Waals surface area contributed by atoms with Crippen molar-refractivity contribution in [2.45, 2.75) is 39.2 Å². The lowest BCUT2D eigenvalue weighted by molar-refractivity contribution is -0.138. The van der Waals surface area contributed by atoms with Gasteiger partial charge in [0, 0.05) is 43.2 Å². The highest BCUT2D eigenvalue weighted by Gasteiger charge is 2.48. The molecule has 8 heteroatoms. The number of nitrogen functional groups attached to an aromatic ring is 1. The van der Waals surface area contributed by atoms with Crippen LogP contribution in [0.1, 0.15) is 38.8 Å². The van der Waals surface area contributed by atoms with Gasteiger partial charge in [-0.05, 0) is 31.2 Å². The van der Waals surface area contributed by atoms with E-state index in [1.165, 1.54) is 0 Å². The lowest BCUT2D eigenvalue weighted by Gasteiger charge is -2.43. The first-order chi connectivity index (χ1) is 12.8. The first-order valence-corrected chi connectivity index (χ1v) is 9.52. The molecule has 1 aliphatic carbocycles.